The summed E-state index contributed by atoms with van der Waals surface area (Å²) in [5.41, 5.74) is 3.76. The molecule has 0 bridgehead atoms. The summed E-state index contributed by atoms with van der Waals surface area (Å²) < 4.78 is 41.0. The summed E-state index contributed by atoms with van der Waals surface area (Å²) in [7, 11) is 0. The molecule has 0 saturated heterocycles. The molecule has 2 N–H and O–H groups in total. The van der Waals surface area contributed by atoms with Crippen LogP contribution in [0.5, 0.6) is 0 Å². The number of amidine groups is 2. The van der Waals surface area contributed by atoms with Crippen molar-refractivity contribution in [2.75, 3.05) is 26.7 Å². The van der Waals surface area contributed by atoms with Crippen LogP contribution in [0.4, 0.5) is 13.2 Å². The molecular formula is C28H27Cl2F3N6S2. The molecule has 3 aromatic carbocycles. The van der Waals surface area contributed by atoms with E-state index in [9.17, 15) is 13.2 Å². The van der Waals surface area contributed by atoms with Crippen LogP contribution in [0.25, 0.3) is 0 Å². The van der Waals surface area contributed by atoms with Crippen molar-refractivity contribution in [3.8, 4) is 0 Å². The topological polar surface area (TPSA) is 55.3 Å². The van der Waals surface area contributed by atoms with Gasteiger partial charge in [0.2, 0.25) is 0 Å². The first-order valence-corrected chi connectivity index (χ1v) is 15.5. The summed E-state index contributed by atoms with van der Waals surface area (Å²) in [6, 6.07) is 14.3. The number of hydrogen-bond donors (Lipinski definition) is 2. The molecule has 0 fully saturated rings. The van der Waals surface area contributed by atoms with E-state index in [-0.39, 0.29) is 15.9 Å². The Bertz CT molecular complexity index is 1460. The average Bonchev–Trinajstić information content (AvgIpc) is 2.97. The van der Waals surface area contributed by atoms with E-state index in [0.717, 1.165) is 32.6 Å². The molecule has 5 rings (SSSR count). The first-order chi connectivity index (χ1) is 19.8. The number of thioether (sulfide) groups is 2. The maximum atomic E-state index is 14.1. The molecule has 0 amide bonds. The molecule has 3 aromatic rings. The average molecular weight is 640 g/mol. The maximum Gasteiger partial charge on any atom is 0.159 e. The standard InChI is InChI=1S/C28H27Cl2F3N6S2/c29-23-7-18(1-5-25(23)32)10-38-14-34-27(35-15-38)40-12-20-3-4-22(31)9-21(20)13-41-28-36-16-39(17-37-28)11-19-2-6-26(33)24(30)8-19/h1-9H,10-17H2,(H,34,35)(H,36,37). The summed E-state index contributed by atoms with van der Waals surface area (Å²) in [5, 5.41) is 8.46. The van der Waals surface area contributed by atoms with Gasteiger partial charge in [0.1, 0.15) is 17.5 Å². The Kier molecular flexibility index (Phi) is 10.4. The lowest BCUT2D eigenvalue weighted by Crippen LogP contribution is -2.41. The van der Waals surface area contributed by atoms with Gasteiger partial charge in [0.15, 0.2) is 10.3 Å². The van der Waals surface area contributed by atoms with Crippen molar-refractivity contribution in [3.63, 3.8) is 0 Å². The second kappa shape index (κ2) is 14.2. The monoisotopic (exact) mass is 638 g/mol. The molecular weight excluding hydrogens is 612 g/mol. The molecule has 2 heterocycles. The Morgan fingerprint density at radius 1 is 0.683 bits per heavy atom. The second-order valence-corrected chi connectivity index (χ2v) is 12.3. The third-order valence-corrected chi connectivity index (χ3v) is 9.00. The van der Waals surface area contributed by atoms with Crippen LogP contribution in [-0.4, -0.2) is 46.8 Å². The number of benzene rings is 3. The van der Waals surface area contributed by atoms with E-state index in [0.29, 0.717) is 51.3 Å². The van der Waals surface area contributed by atoms with Gasteiger partial charge in [-0.1, -0.05) is 64.9 Å². The Balaban J connectivity index is 1.10. The zero-order chi connectivity index (χ0) is 28.8. The molecule has 6 nitrogen and oxygen atoms in total. The minimum atomic E-state index is -0.432. The van der Waals surface area contributed by atoms with E-state index >= 15 is 0 Å². The quantitative estimate of drug-likeness (QED) is 0.289. The van der Waals surface area contributed by atoms with Crippen LogP contribution in [0, 0.1) is 17.5 Å². The molecule has 0 unspecified atom stereocenters. The van der Waals surface area contributed by atoms with E-state index in [1.54, 1.807) is 42.1 Å². The van der Waals surface area contributed by atoms with Crippen molar-refractivity contribution in [2.24, 2.45) is 9.98 Å². The van der Waals surface area contributed by atoms with Gasteiger partial charge in [-0.05, 0) is 58.7 Å². The van der Waals surface area contributed by atoms with Gasteiger partial charge in [0, 0.05) is 24.6 Å². The fraction of sp³-hybridized carbons (Fsp3) is 0.286. The molecule has 0 saturated carbocycles. The Morgan fingerprint density at radius 2 is 1.20 bits per heavy atom. The van der Waals surface area contributed by atoms with E-state index in [2.05, 4.69) is 30.4 Å². The van der Waals surface area contributed by atoms with Gasteiger partial charge in [-0.3, -0.25) is 9.80 Å². The van der Waals surface area contributed by atoms with Crippen molar-refractivity contribution in [2.45, 2.75) is 24.6 Å². The van der Waals surface area contributed by atoms with Crippen molar-refractivity contribution in [1.82, 2.24) is 20.4 Å². The van der Waals surface area contributed by atoms with Crippen LogP contribution >= 0.6 is 46.7 Å². The Labute approximate surface area is 255 Å². The van der Waals surface area contributed by atoms with Crippen molar-refractivity contribution < 1.29 is 13.2 Å². The summed E-state index contributed by atoms with van der Waals surface area (Å²) >= 11 is 14.9. The highest BCUT2D eigenvalue weighted by molar-refractivity contribution is 8.13. The molecule has 0 aromatic heterocycles. The van der Waals surface area contributed by atoms with Crippen molar-refractivity contribution >= 4 is 57.1 Å². The van der Waals surface area contributed by atoms with Gasteiger partial charge >= 0.3 is 0 Å². The fourth-order valence-electron chi connectivity index (χ4n) is 4.26. The van der Waals surface area contributed by atoms with Gasteiger partial charge in [0.25, 0.3) is 0 Å². The third kappa shape index (κ3) is 8.56. The largest absolute Gasteiger partial charge is 0.352 e. The van der Waals surface area contributed by atoms with Crippen LogP contribution in [-0.2, 0) is 24.6 Å². The smallest absolute Gasteiger partial charge is 0.159 e. The van der Waals surface area contributed by atoms with E-state index in [4.69, 9.17) is 23.2 Å². The molecule has 0 atom stereocenters. The van der Waals surface area contributed by atoms with Crippen LogP contribution in [0.2, 0.25) is 10.0 Å². The molecule has 0 radical (unpaired) electrons. The van der Waals surface area contributed by atoms with Gasteiger partial charge < -0.3 is 10.6 Å². The second-order valence-electron chi connectivity index (χ2n) is 9.52. The summed E-state index contributed by atoms with van der Waals surface area (Å²) in [6.07, 6.45) is 0. The molecule has 0 aliphatic carbocycles. The molecule has 216 valence electrons. The van der Waals surface area contributed by atoms with Gasteiger partial charge in [-0.2, -0.15) is 0 Å². The SMILES string of the molecule is Fc1ccc(CSC2=NCN(Cc3ccc(F)c(Cl)c3)CN2)c(CSC2=NCN(Cc3ccc(F)c(Cl)c3)CN2)c1. The molecule has 41 heavy (non-hydrogen) atoms. The highest BCUT2D eigenvalue weighted by Crippen LogP contribution is 2.25. The fourth-order valence-corrected chi connectivity index (χ4v) is 6.43. The normalized spacial score (nSPS) is 16.1. The van der Waals surface area contributed by atoms with Crippen molar-refractivity contribution in [3.05, 3.63) is 104 Å². The minimum Gasteiger partial charge on any atom is -0.352 e. The molecule has 2 aliphatic heterocycles. The van der Waals surface area contributed by atoms with E-state index < -0.39 is 11.6 Å². The lowest BCUT2D eigenvalue weighted by atomic mass is 10.1. The summed E-state index contributed by atoms with van der Waals surface area (Å²) in [4.78, 5) is 13.4. The van der Waals surface area contributed by atoms with Crippen LogP contribution in [0.3, 0.4) is 0 Å². The first kappa shape index (κ1) is 30.1. The number of halogens is 5. The number of nitrogens with one attached hydrogen (secondary N) is 2. The van der Waals surface area contributed by atoms with E-state index in [1.807, 2.05) is 6.07 Å². The third-order valence-electron chi connectivity index (χ3n) is 6.41. The molecule has 13 heteroatoms. The highest BCUT2D eigenvalue weighted by atomic mass is 35.5. The number of aliphatic imine (C=N–C) groups is 2. The van der Waals surface area contributed by atoms with Crippen molar-refractivity contribution in [1.29, 1.82) is 0 Å². The predicted molar refractivity (Wildman–Crippen MR) is 164 cm³/mol. The van der Waals surface area contributed by atoms with Gasteiger partial charge in [-0.15, -0.1) is 0 Å². The Morgan fingerprint density at radius 3 is 1.66 bits per heavy atom. The first-order valence-electron chi connectivity index (χ1n) is 12.7. The van der Waals surface area contributed by atoms with Gasteiger partial charge in [-0.25, -0.2) is 23.2 Å². The van der Waals surface area contributed by atoms with E-state index in [1.165, 1.54) is 30.0 Å². The molecule has 2 aliphatic rings. The van der Waals surface area contributed by atoms with Crippen LogP contribution < -0.4 is 10.6 Å². The highest BCUT2D eigenvalue weighted by Gasteiger charge is 2.17. The Hall–Kier alpha value is -2.41. The van der Waals surface area contributed by atoms with Crippen LogP contribution in [0.15, 0.2) is 64.6 Å². The number of nitrogens with zero attached hydrogens (tertiary/aromatic N) is 4. The lowest BCUT2D eigenvalue weighted by molar-refractivity contribution is 0.258. The number of hydrogen-bond acceptors (Lipinski definition) is 8. The van der Waals surface area contributed by atoms with Gasteiger partial charge in [0.05, 0.1) is 36.7 Å². The maximum absolute atomic E-state index is 14.1. The summed E-state index contributed by atoms with van der Waals surface area (Å²) in [6.45, 7) is 3.38. The lowest BCUT2D eigenvalue weighted by Gasteiger charge is -2.27. The van der Waals surface area contributed by atoms with Crippen LogP contribution in [0.1, 0.15) is 22.3 Å². The zero-order valence-corrected chi connectivity index (χ0v) is 25.0. The zero-order valence-electron chi connectivity index (χ0n) is 21.8. The minimum absolute atomic E-state index is 0.109. The molecule has 0 spiro atoms. The predicted octanol–water partition coefficient (Wildman–Crippen LogP) is 6.63. The summed E-state index contributed by atoms with van der Waals surface area (Å²) in [5.74, 6) is 0.0754. The number of rotatable bonds is 8.